The summed E-state index contributed by atoms with van der Waals surface area (Å²) >= 11 is 0. The normalized spacial score (nSPS) is 16.5. The second-order valence-electron chi connectivity index (χ2n) is 7.57. The second kappa shape index (κ2) is 8.41. The number of carbonyl (C=O) groups excluding carboxylic acids is 2. The van der Waals surface area contributed by atoms with Crippen LogP contribution in [0, 0.1) is 6.92 Å². The lowest BCUT2D eigenvalue weighted by Crippen LogP contribution is -2.58. The molecule has 1 atom stereocenters. The Balaban J connectivity index is 1.44. The van der Waals surface area contributed by atoms with E-state index < -0.39 is 6.04 Å². The maximum atomic E-state index is 13.0. The number of anilines is 2. The molecule has 0 unspecified atom stereocenters. The molecule has 1 aliphatic heterocycles. The standard InChI is InChI=1S/C25H25N3O2/c1-18-8-12-22(13-9-18)26-25(30)27-16-17-28(24(29)19(27)2)23-14-10-21(11-15-23)20-6-4-3-5-7-20/h3-15,19H,16-17H2,1-2H3,(H,26,30)/t19-/m1/s1. The third-order valence-corrected chi connectivity index (χ3v) is 5.51. The third-order valence-electron chi connectivity index (χ3n) is 5.51. The second-order valence-corrected chi connectivity index (χ2v) is 7.57. The molecular weight excluding hydrogens is 374 g/mol. The van der Waals surface area contributed by atoms with Gasteiger partial charge >= 0.3 is 6.03 Å². The van der Waals surface area contributed by atoms with Crippen LogP contribution in [0.2, 0.25) is 0 Å². The molecule has 5 heteroatoms. The summed E-state index contributed by atoms with van der Waals surface area (Å²) in [6.45, 7) is 4.72. The van der Waals surface area contributed by atoms with Crippen molar-refractivity contribution in [3.05, 3.63) is 84.4 Å². The highest BCUT2D eigenvalue weighted by molar-refractivity contribution is 6.02. The van der Waals surface area contributed by atoms with Crippen LogP contribution in [0.25, 0.3) is 11.1 Å². The van der Waals surface area contributed by atoms with E-state index in [0.717, 1.165) is 28.1 Å². The van der Waals surface area contributed by atoms with E-state index in [0.29, 0.717) is 13.1 Å². The maximum Gasteiger partial charge on any atom is 0.322 e. The Bertz CT molecular complexity index is 1030. The van der Waals surface area contributed by atoms with Gasteiger partial charge in [0.1, 0.15) is 6.04 Å². The van der Waals surface area contributed by atoms with Crippen LogP contribution < -0.4 is 10.2 Å². The Morgan fingerprint density at radius 2 is 1.50 bits per heavy atom. The summed E-state index contributed by atoms with van der Waals surface area (Å²) in [6, 6.07) is 25.0. The molecule has 152 valence electrons. The lowest BCUT2D eigenvalue weighted by molar-refractivity contribution is -0.123. The SMILES string of the molecule is Cc1ccc(NC(=O)N2CCN(c3ccc(-c4ccccc4)cc3)C(=O)[C@H]2C)cc1. The van der Waals surface area contributed by atoms with Crippen molar-refractivity contribution < 1.29 is 9.59 Å². The molecule has 1 heterocycles. The zero-order chi connectivity index (χ0) is 21.1. The number of hydrogen-bond acceptors (Lipinski definition) is 2. The minimum absolute atomic E-state index is 0.0761. The molecule has 0 radical (unpaired) electrons. The molecule has 30 heavy (non-hydrogen) atoms. The van der Waals surface area contributed by atoms with Crippen LogP contribution in [-0.2, 0) is 4.79 Å². The highest BCUT2D eigenvalue weighted by Crippen LogP contribution is 2.25. The predicted molar refractivity (Wildman–Crippen MR) is 121 cm³/mol. The molecule has 1 aliphatic rings. The molecule has 0 aromatic heterocycles. The fourth-order valence-electron chi connectivity index (χ4n) is 3.70. The summed E-state index contributed by atoms with van der Waals surface area (Å²) in [5.74, 6) is -0.0761. The fourth-order valence-corrected chi connectivity index (χ4v) is 3.70. The number of carbonyl (C=O) groups is 2. The number of hydrogen-bond donors (Lipinski definition) is 1. The van der Waals surface area contributed by atoms with Crippen LogP contribution in [0.3, 0.4) is 0 Å². The van der Waals surface area contributed by atoms with E-state index in [2.05, 4.69) is 17.4 Å². The third kappa shape index (κ3) is 4.06. The van der Waals surface area contributed by atoms with Gasteiger partial charge in [0.2, 0.25) is 5.91 Å². The van der Waals surface area contributed by atoms with Crippen molar-refractivity contribution in [2.75, 3.05) is 23.3 Å². The molecule has 0 saturated carbocycles. The molecule has 3 aromatic rings. The lowest BCUT2D eigenvalue weighted by atomic mass is 10.0. The van der Waals surface area contributed by atoms with E-state index >= 15 is 0 Å². The number of urea groups is 1. The first-order chi connectivity index (χ1) is 14.5. The molecule has 0 aliphatic carbocycles. The van der Waals surface area contributed by atoms with E-state index in [1.54, 1.807) is 16.7 Å². The van der Waals surface area contributed by atoms with Gasteiger partial charge < -0.3 is 15.1 Å². The molecule has 1 saturated heterocycles. The van der Waals surface area contributed by atoms with Gasteiger partial charge in [-0.2, -0.15) is 0 Å². The van der Waals surface area contributed by atoms with Gasteiger partial charge in [-0.3, -0.25) is 4.79 Å². The number of benzene rings is 3. The molecular formula is C25H25N3O2. The summed E-state index contributed by atoms with van der Waals surface area (Å²) in [6.07, 6.45) is 0. The fraction of sp³-hybridized carbons (Fsp3) is 0.200. The predicted octanol–water partition coefficient (Wildman–Crippen LogP) is 4.93. The van der Waals surface area contributed by atoms with Crippen molar-refractivity contribution in [3.63, 3.8) is 0 Å². The molecule has 1 fully saturated rings. The zero-order valence-electron chi connectivity index (χ0n) is 17.2. The van der Waals surface area contributed by atoms with Crippen molar-refractivity contribution in [1.82, 2.24) is 4.90 Å². The Hall–Kier alpha value is -3.60. The average molecular weight is 399 g/mol. The zero-order valence-corrected chi connectivity index (χ0v) is 17.2. The van der Waals surface area contributed by atoms with Crippen molar-refractivity contribution in [2.24, 2.45) is 0 Å². The first-order valence-electron chi connectivity index (χ1n) is 10.1. The summed E-state index contributed by atoms with van der Waals surface area (Å²) in [4.78, 5) is 29.0. The van der Waals surface area contributed by atoms with Gasteiger partial charge in [-0.1, -0.05) is 60.2 Å². The summed E-state index contributed by atoms with van der Waals surface area (Å²) < 4.78 is 0. The maximum absolute atomic E-state index is 13.0. The Morgan fingerprint density at radius 1 is 0.867 bits per heavy atom. The molecule has 3 amide bonds. The molecule has 0 bridgehead atoms. The van der Waals surface area contributed by atoms with Crippen LogP contribution in [0.5, 0.6) is 0 Å². The van der Waals surface area contributed by atoms with Gasteiger partial charge in [0.25, 0.3) is 0 Å². The van der Waals surface area contributed by atoms with E-state index in [-0.39, 0.29) is 11.9 Å². The van der Waals surface area contributed by atoms with Gasteiger partial charge in [0.05, 0.1) is 0 Å². The van der Waals surface area contributed by atoms with Crippen molar-refractivity contribution in [3.8, 4) is 11.1 Å². The van der Waals surface area contributed by atoms with Crippen LogP contribution in [0.15, 0.2) is 78.9 Å². The molecule has 1 N–H and O–H groups in total. The van der Waals surface area contributed by atoms with Crippen LogP contribution in [0.4, 0.5) is 16.2 Å². The summed E-state index contributed by atoms with van der Waals surface area (Å²) in [5.41, 5.74) is 4.95. The molecule has 5 nitrogen and oxygen atoms in total. The first kappa shape index (κ1) is 19.7. The Morgan fingerprint density at radius 3 is 2.17 bits per heavy atom. The van der Waals surface area contributed by atoms with Crippen LogP contribution in [0.1, 0.15) is 12.5 Å². The van der Waals surface area contributed by atoms with Gasteiger partial charge in [-0.05, 0) is 49.2 Å². The van der Waals surface area contributed by atoms with Gasteiger partial charge in [0, 0.05) is 24.5 Å². The van der Waals surface area contributed by atoms with Gasteiger partial charge in [0.15, 0.2) is 0 Å². The molecule has 0 spiro atoms. The van der Waals surface area contributed by atoms with Gasteiger partial charge in [-0.25, -0.2) is 4.79 Å². The highest BCUT2D eigenvalue weighted by Gasteiger charge is 2.35. The Kier molecular flexibility index (Phi) is 5.53. The number of piperazine rings is 1. The van der Waals surface area contributed by atoms with Crippen molar-refractivity contribution in [2.45, 2.75) is 19.9 Å². The largest absolute Gasteiger partial charge is 0.322 e. The highest BCUT2D eigenvalue weighted by atomic mass is 16.2. The van der Waals surface area contributed by atoms with Gasteiger partial charge in [-0.15, -0.1) is 0 Å². The summed E-state index contributed by atoms with van der Waals surface area (Å²) in [7, 11) is 0. The quantitative estimate of drug-likeness (QED) is 0.679. The summed E-state index contributed by atoms with van der Waals surface area (Å²) in [5, 5.41) is 2.89. The van der Waals surface area contributed by atoms with E-state index in [4.69, 9.17) is 0 Å². The van der Waals surface area contributed by atoms with E-state index in [9.17, 15) is 9.59 Å². The number of nitrogens with one attached hydrogen (secondary N) is 1. The monoisotopic (exact) mass is 399 g/mol. The Labute approximate surface area is 176 Å². The molecule has 4 rings (SSSR count). The van der Waals surface area contributed by atoms with Crippen LogP contribution >= 0.6 is 0 Å². The molecule has 3 aromatic carbocycles. The smallest absolute Gasteiger partial charge is 0.311 e. The average Bonchev–Trinajstić information content (AvgIpc) is 2.78. The lowest BCUT2D eigenvalue weighted by Gasteiger charge is -2.39. The number of amides is 3. The first-order valence-corrected chi connectivity index (χ1v) is 10.1. The number of aryl methyl sites for hydroxylation is 1. The van der Waals surface area contributed by atoms with Crippen LogP contribution in [-0.4, -0.2) is 36.0 Å². The van der Waals surface area contributed by atoms with Crippen molar-refractivity contribution >= 4 is 23.3 Å². The van der Waals surface area contributed by atoms with E-state index in [1.165, 1.54) is 0 Å². The number of rotatable bonds is 3. The van der Waals surface area contributed by atoms with E-state index in [1.807, 2.05) is 73.7 Å². The number of nitrogens with zero attached hydrogens (tertiary/aromatic N) is 2. The topological polar surface area (TPSA) is 52.7 Å². The minimum atomic E-state index is -0.530. The minimum Gasteiger partial charge on any atom is -0.311 e. The van der Waals surface area contributed by atoms with Crippen molar-refractivity contribution in [1.29, 1.82) is 0 Å².